The first-order chi connectivity index (χ1) is 12.1. The second-order valence-electron chi connectivity index (χ2n) is 6.51. The monoisotopic (exact) mass is 338 g/mol. The number of rotatable bonds is 8. The fourth-order valence-electron chi connectivity index (χ4n) is 2.42. The highest BCUT2D eigenvalue weighted by atomic mass is 16.2. The summed E-state index contributed by atoms with van der Waals surface area (Å²) in [5, 5.41) is 5.80. The van der Waals surface area contributed by atoms with Crippen LogP contribution in [0.3, 0.4) is 0 Å². The summed E-state index contributed by atoms with van der Waals surface area (Å²) in [6.07, 6.45) is 1.75. The van der Waals surface area contributed by atoms with E-state index in [1.54, 1.807) is 24.3 Å². The maximum absolute atomic E-state index is 12.2. The first-order valence-electron chi connectivity index (χ1n) is 8.76. The van der Waals surface area contributed by atoms with Crippen LogP contribution in [0.25, 0.3) is 0 Å². The second kappa shape index (κ2) is 9.62. The summed E-state index contributed by atoms with van der Waals surface area (Å²) in [7, 11) is 0. The van der Waals surface area contributed by atoms with Gasteiger partial charge in [0.25, 0.3) is 11.8 Å². The van der Waals surface area contributed by atoms with Crippen LogP contribution in [-0.2, 0) is 6.42 Å². The van der Waals surface area contributed by atoms with E-state index in [1.165, 1.54) is 5.56 Å². The molecule has 0 radical (unpaired) electrons. The molecule has 2 aromatic rings. The van der Waals surface area contributed by atoms with Gasteiger partial charge in [-0.3, -0.25) is 9.59 Å². The quantitative estimate of drug-likeness (QED) is 0.775. The van der Waals surface area contributed by atoms with Gasteiger partial charge in [0, 0.05) is 24.2 Å². The molecule has 4 heteroatoms. The summed E-state index contributed by atoms with van der Waals surface area (Å²) in [6, 6.07) is 16.8. The van der Waals surface area contributed by atoms with E-state index in [9.17, 15) is 9.59 Å². The molecule has 0 heterocycles. The van der Waals surface area contributed by atoms with Gasteiger partial charge in [-0.25, -0.2) is 0 Å². The van der Waals surface area contributed by atoms with Gasteiger partial charge >= 0.3 is 0 Å². The lowest BCUT2D eigenvalue weighted by molar-refractivity contribution is 0.0941. The highest BCUT2D eigenvalue weighted by Gasteiger charge is 2.08. The topological polar surface area (TPSA) is 58.2 Å². The van der Waals surface area contributed by atoms with Crippen molar-refractivity contribution in [1.29, 1.82) is 0 Å². The van der Waals surface area contributed by atoms with Crippen LogP contribution in [0.15, 0.2) is 54.6 Å². The van der Waals surface area contributed by atoms with Crippen molar-refractivity contribution < 1.29 is 9.59 Å². The number of hydrogen-bond acceptors (Lipinski definition) is 2. The van der Waals surface area contributed by atoms with Gasteiger partial charge in [0.1, 0.15) is 0 Å². The highest BCUT2D eigenvalue weighted by Crippen LogP contribution is 2.06. The van der Waals surface area contributed by atoms with Crippen molar-refractivity contribution in [2.45, 2.75) is 26.7 Å². The first kappa shape index (κ1) is 18.7. The van der Waals surface area contributed by atoms with Crippen molar-refractivity contribution >= 4 is 11.8 Å². The molecule has 2 rings (SSSR count). The predicted octanol–water partition coefficient (Wildman–Crippen LogP) is 3.44. The molecule has 0 atom stereocenters. The van der Waals surface area contributed by atoms with Gasteiger partial charge in [0.2, 0.25) is 0 Å². The van der Waals surface area contributed by atoms with Gasteiger partial charge < -0.3 is 10.6 Å². The molecule has 0 aliphatic heterocycles. The summed E-state index contributed by atoms with van der Waals surface area (Å²) < 4.78 is 0. The SMILES string of the molecule is CC(C)CCNC(=O)c1ccc(C(=O)NCCc2ccccc2)cc1. The molecule has 132 valence electrons. The third-order valence-corrected chi connectivity index (χ3v) is 3.96. The zero-order valence-electron chi connectivity index (χ0n) is 14.9. The lowest BCUT2D eigenvalue weighted by Gasteiger charge is -2.08. The van der Waals surface area contributed by atoms with Crippen LogP contribution in [0.2, 0.25) is 0 Å². The molecule has 4 nitrogen and oxygen atoms in total. The van der Waals surface area contributed by atoms with Crippen molar-refractivity contribution in [3.63, 3.8) is 0 Å². The van der Waals surface area contributed by atoms with Gasteiger partial charge in [0.15, 0.2) is 0 Å². The minimum atomic E-state index is -0.123. The first-order valence-corrected chi connectivity index (χ1v) is 8.76. The fourth-order valence-corrected chi connectivity index (χ4v) is 2.42. The van der Waals surface area contributed by atoms with Gasteiger partial charge in [-0.1, -0.05) is 44.2 Å². The highest BCUT2D eigenvalue weighted by molar-refractivity contribution is 5.97. The Morgan fingerprint density at radius 3 is 1.84 bits per heavy atom. The normalized spacial score (nSPS) is 10.5. The molecule has 0 aromatic heterocycles. The minimum Gasteiger partial charge on any atom is -0.352 e. The van der Waals surface area contributed by atoms with E-state index in [2.05, 4.69) is 24.5 Å². The standard InChI is InChI=1S/C21H26N2O2/c1-16(2)12-14-22-20(24)18-8-10-19(11-9-18)21(25)23-15-13-17-6-4-3-5-7-17/h3-11,16H,12-15H2,1-2H3,(H,22,24)(H,23,25). The number of hydrogen-bond donors (Lipinski definition) is 2. The zero-order valence-corrected chi connectivity index (χ0v) is 14.9. The summed E-state index contributed by atoms with van der Waals surface area (Å²) in [5.41, 5.74) is 2.33. The Hall–Kier alpha value is -2.62. The molecule has 0 saturated heterocycles. The van der Waals surface area contributed by atoms with Crippen molar-refractivity contribution in [3.05, 3.63) is 71.3 Å². The van der Waals surface area contributed by atoms with Crippen molar-refractivity contribution in [2.75, 3.05) is 13.1 Å². The van der Waals surface area contributed by atoms with Gasteiger partial charge in [-0.15, -0.1) is 0 Å². The predicted molar refractivity (Wildman–Crippen MR) is 101 cm³/mol. The van der Waals surface area contributed by atoms with E-state index in [-0.39, 0.29) is 11.8 Å². The Bertz CT molecular complexity index is 679. The molecule has 0 bridgehead atoms. The third-order valence-electron chi connectivity index (χ3n) is 3.96. The van der Waals surface area contributed by atoms with Crippen LogP contribution in [-0.4, -0.2) is 24.9 Å². The maximum Gasteiger partial charge on any atom is 0.251 e. The van der Waals surface area contributed by atoms with E-state index >= 15 is 0 Å². The smallest absolute Gasteiger partial charge is 0.251 e. The Labute approximate surface area is 149 Å². The molecule has 0 saturated carbocycles. The lowest BCUT2D eigenvalue weighted by Crippen LogP contribution is -2.27. The third kappa shape index (κ3) is 6.42. The molecule has 0 aliphatic carbocycles. The number of carbonyl (C=O) groups excluding carboxylic acids is 2. The molecule has 2 aromatic carbocycles. The number of carbonyl (C=O) groups is 2. The summed E-state index contributed by atoms with van der Waals surface area (Å²) in [6.45, 7) is 5.49. The minimum absolute atomic E-state index is 0.100. The van der Waals surface area contributed by atoms with Crippen molar-refractivity contribution in [3.8, 4) is 0 Å². The van der Waals surface area contributed by atoms with E-state index < -0.39 is 0 Å². The van der Waals surface area contributed by atoms with Crippen LogP contribution >= 0.6 is 0 Å². The Morgan fingerprint density at radius 2 is 1.32 bits per heavy atom. The van der Waals surface area contributed by atoms with Gasteiger partial charge in [-0.05, 0) is 48.6 Å². The van der Waals surface area contributed by atoms with Gasteiger partial charge in [0.05, 0.1) is 0 Å². The van der Waals surface area contributed by atoms with E-state index in [4.69, 9.17) is 0 Å². The summed E-state index contributed by atoms with van der Waals surface area (Å²) in [4.78, 5) is 24.2. The average molecular weight is 338 g/mol. The molecular weight excluding hydrogens is 312 g/mol. The molecule has 2 amide bonds. The molecule has 0 spiro atoms. The Morgan fingerprint density at radius 1 is 0.800 bits per heavy atom. The molecule has 0 unspecified atom stereocenters. The number of nitrogens with one attached hydrogen (secondary N) is 2. The lowest BCUT2D eigenvalue weighted by atomic mass is 10.1. The van der Waals surface area contributed by atoms with Crippen LogP contribution < -0.4 is 10.6 Å². The number of benzene rings is 2. The molecule has 2 N–H and O–H groups in total. The maximum atomic E-state index is 12.2. The summed E-state index contributed by atoms with van der Waals surface area (Å²) in [5.74, 6) is 0.335. The summed E-state index contributed by atoms with van der Waals surface area (Å²) >= 11 is 0. The Kier molecular flexibility index (Phi) is 7.20. The molecular formula is C21H26N2O2. The van der Waals surface area contributed by atoms with E-state index in [0.29, 0.717) is 30.1 Å². The number of amides is 2. The zero-order chi connectivity index (χ0) is 18.1. The van der Waals surface area contributed by atoms with E-state index in [0.717, 1.165) is 12.8 Å². The van der Waals surface area contributed by atoms with Crippen LogP contribution in [0, 0.1) is 5.92 Å². The van der Waals surface area contributed by atoms with E-state index in [1.807, 2.05) is 30.3 Å². The molecule has 0 fully saturated rings. The van der Waals surface area contributed by atoms with Gasteiger partial charge in [-0.2, -0.15) is 0 Å². The van der Waals surface area contributed by atoms with Crippen LogP contribution in [0.5, 0.6) is 0 Å². The van der Waals surface area contributed by atoms with Crippen molar-refractivity contribution in [1.82, 2.24) is 10.6 Å². The van der Waals surface area contributed by atoms with Crippen LogP contribution in [0.1, 0.15) is 46.5 Å². The molecule has 0 aliphatic rings. The largest absolute Gasteiger partial charge is 0.352 e. The molecule has 25 heavy (non-hydrogen) atoms. The van der Waals surface area contributed by atoms with Crippen molar-refractivity contribution in [2.24, 2.45) is 5.92 Å². The average Bonchev–Trinajstić information content (AvgIpc) is 2.62. The van der Waals surface area contributed by atoms with Crippen LogP contribution in [0.4, 0.5) is 0 Å². The Balaban J connectivity index is 1.80. The second-order valence-corrected chi connectivity index (χ2v) is 6.51. The fraction of sp³-hybridized carbons (Fsp3) is 0.333.